The lowest BCUT2D eigenvalue weighted by atomic mass is 10.1. The Balaban J connectivity index is 2.37. The van der Waals surface area contributed by atoms with Gasteiger partial charge < -0.3 is 9.26 Å². The Morgan fingerprint density at radius 3 is 2.81 bits per heavy atom. The van der Waals surface area contributed by atoms with Crippen molar-refractivity contribution in [3.63, 3.8) is 0 Å². The zero-order valence-corrected chi connectivity index (χ0v) is 9.78. The van der Waals surface area contributed by atoms with Crippen molar-refractivity contribution in [2.75, 3.05) is 7.11 Å². The van der Waals surface area contributed by atoms with Gasteiger partial charge in [-0.05, 0) is 30.7 Å². The molecule has 16 heavy (non-hydrogen) atoms. The molecule has 2 aromatic rings. The molecule has 0 fully saturated rings. The maximum absolute atomic E-state index is 5.59. The van der Waals surface area contributed by atoms with Gasteiger partial charge in [-0.25, -0.2) is 0 Å². The van der Waals surface area contributed by atoms with Gasteiger partial charge in [0, 0.05) is 5.56 Å². The minimum atomic E-state index is 0.224. The Kier molecular flexibility index (Phi) is 3.10. The van der Waals surface area contributed by atoms with E-state index < -0.39 is 0 Å². The van der Waals surface area contributed by atoms with Crippen LogP contribution in [0.4, 0.5) is 0 Å². The van der Waals surface area contributed by atoms with Crippen molar-refractivity contribution in [2.24, 2.45) is 0 Å². The highest BCUT2D eigenvalue weighted by molar-refractivity contribution is 6.16. The summed E-state index contributed by atoms with van der Waals surface area (Å²) in [6.07, 6.45) is 0. The zero-order valence-electron chi connectivity index (χ0n) is 9.03. The van der Waals surface area contributed by atoms with Crippen molar-refractivity contribution in [1.29, 1.82) is 0 Å². The summed E-state index contributed by atoms with van der Waals surface area (Å²) in [5.74, 6) is 2.03. The molecule has 4 nitrogen and oxygen atoms in total. The van der Waals surface area contributed by atoms with Crippen LogP contribution in [-0.2, 0) is 5.88 Å². The summed E-state index contributed by atoms with van der Waals surface area (Å²) >= 11 is 5.59. The molecule has 1 heterocycles. The lowest BCUT2D eigenvalue weighted by molar-refractivity contribution is 0.391. The van der Waals surface area contributed by atoms with E-state index in [1.807, 2.05) is 25.1 Å². The van der Waals surface area contributed by atoms with Crippen LogP contribution < -0.4 is 4.74 Å². The Hall–Kier alpha value is -1.55. The Bertz CT molecular complexity index is 496. The highest BCUT2D eigenvalue weighted by Crippen LogP contribution is 2.24. The lowest BCUT2D eigenvalue weighted by Gasteiger charge is -2.04. The minimum absolute atomic E-state index is 0.224. The maximum atomic E-state index is 5.59. The summed E-state index contributed by atoms with van der Waals surface area (Å²) in [5, 5.41) is 3.84. The van der Waals surface area contributed by atoms with E-state index in [0.29, 0.717) is 11.7 Å². The fraction of sp³-hybridized carbons (Fsp3) is 0.273. The van der Waals surface area contributed by atoms with E-state index in [9.17, 15) is 0 Å². The summed E-state index contributed by atoms with van der Waals surface area (Å²) in [6.45, 7) is 1.96. The molecule has 0 bridgehead atoms. The van der Waals surface area contributed by atoms with Crippen molar-refractivity contribution in [1.82, 2.24) is 10.1 Å². The number of aromatic nitrogens is 2. The second kappa shape index (κ2) is 4.53. The Labute approximate surface area is 98.2 Å². The van der Waals surface area contributed by atoms with E-state index >= 15 is 0 Å². The fourth-order valence-corrected chi connectivity index (χ4v) is 1.55. The third kappa shape index (κ3) is 2.02. The average Bonchev–Trinajstić information content (AvgIpc) is 2.77. The Morgan fingerprint density at radius 1 is 1.44 bits per heavy atom. The molecule has 5 heteroatoms. The van der Waals surface area contributed by atoms with Crippen LogP contribution in [-0.4, -0.2) is 17.3 Å². The van der Waals surface area contributed by atoms with E-state index in [0.717, 1.165) is 16.9 Å². The quantitative estimate of drug-likeness (QED) is 0.772. The first-order valence-electron chi connectivity index (χ1n) is 4.78. The molecule has 0 aliphatic carbocycles. The number of alkyl halides is 1. The third-order valence-corrected chi connectivity index (χ3v) is 2.46. The number of rotatable bonds is 3. The second-order valence-corrected chi connectivity index (χ2v) is 3.60. The highest BCUT2D eigenvalue weighted by atomic mass is 35.5. The molecule has 2 rings (SSSR count). The molecule has 0 saturated heterocycles. The molecule has 0 N–H and O–H groups in total. The van der Waals surface area contributed by atoms with Gasteiger partial charge in [-0.1, -0.05) is 5.16 Å². The van der Waals surface area contributed by atoms with Gasteiger partial charge in [0.25, 0.3) is 0 Å². The summed E-state index contributed by atoms with van der Waals surface area (Å²) in [7, 11) is 1.64. The van der Waals surface area contributed by atoms with Gasteiger partial charge in [-0.2, -0.15) is 4.98 Å². The van der Waals surface area contributed by atoms with Crippen molar-refractivity contribution >= 4 is 11.6 Å². The molecular weight excluding hydrogens is 228 g/mol. The van der Waals surface area contributed by atoms with Crippen molar-refractivity contribution in [3.05, 3.63) is 29.7 Å². The predicted octanol–water partition coefficient (Wildman–Crippen LogP) is 2.79. The van der Waals surface area contributed by atoms with E-state index in [2.05, 4.69) is 10.1 Å². The van der Waals surface area contributed by atoms with E-state index in [4.69, 9.17) is 20.9 Å². The van der Waals surface area contributed by atoms with Gasteiger partial charge in [0.1, 0.15) is 11.6 Å². The molecule has 84 valence electrons. The maximum Gasteiger partial charge on any atom is 0.241 e. The molecule has 1 aromatic carbocycles. The minimum Gasteiger partial charge on any atom is -0.496 e. The molecule has 0 amide bonds. The van der Waals surface area contributed by atoms with Gasteiger partial charge in [-0.3, -0.25) is 0 Å². The van der Waals surface area contributed by atoms with Gasteiger partial charge in [-0.15, -0.1) is 11.6 Å². The number of hydrogen-bond donors (Lipinski definition) is 0. The summed E-state index contributed by atoms with van der Waals surface area (Å²) in [4.78, 5) is 4.15. The highest BCUT2D eigenvalue weighted by Gasteiger charge is 2.09. The molecule has 0 unspecified atom stereocenters. The van der Waals surface area contributed by atoms with Crippen LogP contribution in [0.1, 0.15) is 11.5 Å². The standard InChI is InChI=1S/C11H11ClN2O2/c1-7-5-8(3-4-9(7)15-2)11-13-10(6-12)16-14-11/h3-5H,6H2,1-2H3. The van der Waals surface area contributed by atoms with Crippen LogP contribution in [0, 0.1) is 6.92 Å². The molecule has 0 aliphatic heterocycles. The Morgan fingerprint density at radius 2 is 2.25 bits per heavy atom. The molecule has 0 saturated carbocycles. The van der Waals surface area contributed by atoms with Crippen molar-refractivity contribution in [2.45, 2.75) is 12.8 Å². The number of nitrogens with zero attached hydrogens (tertiary/aromatic N) is 2. The van der Waals surface area contributed by atoms with Gasteiger partial charge >= 0.3 is 0 Å². The van der Waals surface area contributed by atoms with Gasteiger partial charge in [0.2, 0.25) is 11.7 Å². The number of methoxy groups -OCH3 is 1. The number of benzene rings is 1. The third-order valence-electron chi connectivity index (χ3n) is 2.24. The predicted molar refractivity (Wildman–Crippen MR) is 60.6 cm³/mol. The number of hydrogen-bond acceptors (Lipinski definition) is 4. The molecule has 0 atom stereocenters. The van der Waals surface area contributed by atoms with Crippen LogP contribution in [0.15, 0.2) is 22.7 Å². The van der Waals surface area contributed by atoms with Crippen molar-refractivity contribution < 1.29 is 9.26 Å². The van der Waals surface area contributed by atoms with Gasteiger partial charge in [0.05, 0.1) is 7.11 Å². The van der Waals surface area contributed by atoms with E-state index in [1.54, 1.807) is 7.11 Å². The first kappa shape index (κ1) is 11.0. The summed E-state index contributed by atoms with van der Waals surface area (Å²) < 4.78 is 10.1. The van der Waals surface area contributed by atoms with Crippen molar-refractivity contribution in [3.8, 4) is 17.1 Å². The zero-order chi connectivity index (χ0) is 11.5. The lowest BCUT2D eigenvalue weighted by Crippen LogP contribution is -1.88. The average molecular weight is 239 g/mol. The van der Waals surface area contributed by atoms with Crippen LogP contribution in [0.3, 0.4) is 0 Å². The smallest absolute Gasteiger partial charge is 0.241 e. The topological polar surface area (TPSA) is 48.2 Å². The molecule has 0 radical (unpaired) electrons. The van der Waals surface area contributed by atoms with E-state index in [1.165, 1.54) is 0 Å². The first-order chi connectivity index (χ1) is 7.74. The summed E-state index contributed by atoms with van der Waals surface area (Å²) in [6, 6.07) is 5.71. The number of aryl methyl sites for hydroxylation is 1. The van der Waals surface area contributed by atoms with Crippen LogP contribution in [0.2, 0.25) is 0 Å². The van der Waals surface area contributed by atoms with Crippen LogP contribution >= 0.6 is 11.6 Å². The normalized spacial score (nSPS) is 10.4. The van der Waals surface area contributed by atoms with E-state index in [-0.39, 0.29) is 5.88 Å². The number of halogens is 1. The largest absolute Gasteiger partial charge is 0.496 e. The molecular formula is C11H11ClN2O2. The molecule has 0 spiro atoms. The number of ether oxygens (including phenoxy) is 1. The molecule has 1 aromatic heterocycles. The summed E-state index contributed by atoms with van der Waals surface area (Å²) in [5.41, 5.74) is 1.91. The first-order valence-corrected chi connectivity index (χ1v) is 5.31. The SMILES string of the molecule is COc1ccc(-c2noc(CCl)n2)cc1C. The second-order valence-electron chi connectivity index (χ2n) is 3.33. The monoisotopic (exact) mass is 238 g/mol. The fourth-order valence-electron chi connectivity index (χ4n) is 1.44. The van der Waals surface area contributed by atoms with Gasteiger partial charge in [0.15, 0.2) is 0 Å². The van der Waals surface area contributed by atoms with Crippen LogP contribution in [0.5, 0.6) is 5.75 Å². The molecule has 0 aliphatic rings. The van der Waals surface area contributed by atoms with Crippen LogP contribution in [0.25, 0.3) is 11.4 Å².